The number of aromatic nitrogens is 4. The molecule has 10 heteroatoms. The van der Waals surface area contributed by atoms with Crippen LogP contribution in [0, 0.1) is 6.92 Å². The van der Waals surface area contributed by atoms with Crippen LogP contribution in [0.1, 0.15) is 27.9 Å². The van der Waals surface area contributed by atoms with Gasteiger partial charge < -0.3 is 9.30 Å². The van der Waals surface area contributed by atoms with Crippen LogP contribution in [0.4, 0.5) is 0 Å². The van der Waals surface area contributed by atoms with Gasteiger partial charge in [-0.05, 0) is 31.5 Å². The molecule has 2 aromatic carbocycles. The minimum absolute atomic E-state index is 0.0300. The molecule has 4 aromatic rings. The van der Waals surface area contributed by atoms with Gasteiger partial charge in [-0.3, -0.25) is 4.79 Å². The van der Waals surface area contributed by atoms with Gasteiger partial charge in [0.25, 0.3) is 5.91 Å². The Kier molecular flexibility index (Phi) is 6.41. The first-order valence-electron chi connectivity index (χ1n) is 10.1. The van der Waals surface area contributed by atoms with E-state index >= 15 is 0 Å². The predicted octanol–water partition coefficient (Wildman–Crippen LogP) is 2.46. The zero-order valence-electron chi connectivity index (χ0n) is 17.7. The summed E-state index contributed by atoms with van der Waals surface area (Å²) in [4.78, 5) is 25.9. The number of amides is 1. The van der Waals surface area contributed by atoms with Crippen molar-refractivity contribution in [3.63, 3.8) is 0 Å². The van der Waals surface area contributed by atoms with Crippen LogP contribution in [0.2, 0.25) is 0 Å². The number of carbonyl (C=O) groups excluding carboxylic acids is 2. The monoisotopic (exact) mass is 450 g/mol. The van der Waals surface area contributed by atoms with Crippen molar-refractivity contribution in [2.75, 3.05) is 6.61 Å². The first-order chi connectivity index (χ1) is 15.6. The number of rotatable bonds is 7. The third-order valence-electron chi connectivity index (χ3n) is 4.79. The van der Waals surface area contributed by atoms with Gasteiger partial charge in [0.1, 0.15) is 16.9 Å². The number of para-hydroxylation sites is 1. The molecule has 4 rings (SSSR count). The molecule has 0 fully saturated rings. The highest BCUT2D eigenvalue weighted by atomic mass is 32.1. The summed E-state index contributed by atoms with van der Waals surface area (Å²) >= 11 is 1.18. The standard InChI is InChI=1S/C22H22N6O3S/c1-3-31-21(30)20-15(2)27(13-16-9-5-4-6-10-16)22(32-20)25-24-19(29)14-28-18-12-8-7-11-17(18)23-26-28/h4-12H,3,13-14H2,1-2H3,(H,24,29)/b25-22-. The summed E-state index contributed by atoms with van der Waals surface area (Å²) in [5, 5.41) is 12.4. The second-order valence-corrected chi connectivity index (χ2v) is 7.95. The van der Waals surface area contributed by atoms with Crippen molar-refractivity contribution in [1.29, 1.82) is 0 Å². The third kappa shape index (κ3) is 4.59. The van der Waals surface area contributed by atoms with Crippen LogP contribution in [0.15, 0.2) is 59.7 Å². The van der Waals surface area contributed by atoms with Crippen LogP contribution in [-0.2, 0) is 22.6 Å². The molecule has 164 valence electrons. The fraction of sp³-hybridized carbons (Fsp3) is 0.227. The van der Waals surface area contributed by atoms with Crippen LogP contribution < -0.4 is 10.2 Å². The Hall–Kier alpha value is -3.79. The van der Waals surface area contributed by atoms with E-state index in [1.807, 2.05) is 66.1 Å². The molecule has 0 spiro atoms. The highest BCUT2D eigenvalue weighted by Crippen LogP contribution is 2.15. The third-order valence-corrected chi connectivity index (χ3v) is 5.95. The number of fused-ring (bicyclic) bond motifs is 1. The lowest BCUT2D eigenvalue weighted by Gasteiger charge is -2.07. The van der Waals surface area contributed by atoms with E-state index in [9.17, 15) is 9.59 Å². The molecule has 32 heavy (non-hydrogen) atoms. The molecular formula is C22H22N6O3S. The Morgan fingerprint density at radius 3 is 2.66 bits per heavy atom. The Bertz CT molecular complexity index is 1320. The highest BCUT2D eigenvalue weighted by Gasteiger charge is 2.18. The number of carbonyl (C=O) groups is 2. The number of ether oxygens (including phenoxy) is 1. The lowest BCUT2D eigenvalue weighted by Crippen LogP contribution is -2.28. The van der Waals surface area contributed by atoms with Crippen molar-refractivity contribution < 1.29 is 14.3 Å². The van der Waals surface area contributed by atoms with Crippen molar-refractivity contribution in [1.82, 2.24) is 25.0 Å². The molecule has 0 aliphatic rings. The van der Waals surface area contributed by atoms with Crippen LogP contribution in [0.3, 0.4) is 0 Å². The fourth-order valence-electron chi connectivity index (χ4n) is 3.22. The Balaban J connectivity index is 1.61. The molecule has 9 nitrogen and oxygen atoms in total. The minimum atomic E-state index is -0.404. The van der Waals surface area contributed by atoms with Gasteiger partial charge in [0.2, 0.25) is 4.80 Å². The summed E-state index contributed by atoms with van der Waals surface area (Å²) in [7, 11) is 0. The first-order valence-corrected chi connectivity index (χ1v) is 10.9. The number of nitrogens with one attached hydrogen (secondary N) is 1. The molecule has 0 atom stereocenters. The van der Waals surface area contributed by atoms with E-state index in [2.05, 4.69) is 20.8 Å². The van der Waals surface area contributed by atoms with Crippen LogP contribution in [0.5, 0.6) is 0 Å². The van der Waals surface area contributed by atoms with Gasteiger partial charge in [-0.15, -0.1) is 10.2 Å². The van der Waals surface area contributed by atoms with E-state index in [1.165, 1.54) is 16.0 Å². The number of esters is 1. The average Bonchev–Trinajstić information content (AvgIpc) is 3.35. The lowest BCUT2D eigenvalue weighted by molar-refractivity contribution is -0.121. The van der Waals surface area contributed by atoms with Crippen LogP contribution in [-0.4, -0.2) is 38.0 Å². The summed E-state index contributed by atoms with van der Waals surface area (Å²) in [5.74, 6) is -0.755. The SMILES string of the molecule is CCOC(=O)c1s/c(=N\NC(=O)Cn2nnc3ccccc32)n(Cc2ccccc2)c1C. The summed E-state index contributed by atoms with van der Waals surface area (Å²) in [6.45, 7) is 4.36. The topological polar surface area (TPSA) is 103 Å². The van der Waals surface area contributed by atoms with Crippen molar-refractivity contribution in [3.05, 3.63) is 75.5 Å². The van der Waals surface area contributed by atoms with E-state index < -0.39 is 5.97 Å². The molecule has 0 radical (unpaired) electrons. The second kappa shape index (κ2) is 9.56. The molecule has 1 amide bonds. The number of hydrogen-bond acceptors (Lipinski definition) is 7. The fourth-order valence-corrected chi connectivity index (χ4v) is 4.21. The number of hydrogen-bond donors (Lipinski definition) is 1. The van der Waals surface area contributed by atoms with Crippen molar-refractivity contribution in [3.8, 4) is 0 Å². The molecule has 2 aromatic heterocycles. The van der Waals surface area contributed by atoms with Crippen molar-refractivity contribution >= 4 is 34.2 Å². The number of thiazole rings is 1. The molecule has 0 aliphatic heterocycles. The molecule has 0 aliphatic carbocycles. The molecule has 0 saturated carbocycles. The smallest absolute Gasteiger partial charge is 0.350 e. The van der Waals surface area contributed by atoms with Gasteiger partial charge in [0, 0.05) is 5.69 Å². The van der Waals surface area contributed by atoms with Gasteiger partial charge >= 0.3 is 5.97 Å². The minimum Gasteiger partial charge on any atom is -0.462 e. The van der Waals surface area contributed by atoms with E-state index in [4.69, 9.17) is 4.74 Å². The van der Waals surface area contributed by atoms with E-state index in [1.54, 1.807) is 6.92 Å². The molecule has 0 bridgehead atoms. The van der Waals surface area contributed by atoms with Crippen molar-refractivity contribution in [2.24, 2.45) is 5.10 Å². The molecule has 2 heterocycles. The number of benzene rings is 2. The summed E-state index contributed by atoms with van der Waals surface area (Å²) in [6, 6.07) is 17.2. The summed E-state index contributed by atoms with van der Waals surface area (Å²) in [5.41, 5.74) is 5.83. The maximum atomic E-state index is 12.5. The van der Waals surface area contributed by atoms with Crippen LogP contribution in [0.25, 0.3) is 11.0 Å². The van der Waals surface area contributed by atoms with E-state index in [0.717, 1.165) is 16.8 Å². The zero-order chi connectivity index (χ0) is 22.5. The molecule has 0 unspecified atom stereocenters. The first kappa shape index (κ1) is 21.4. The summed E-state index contributed by atoms with van der Waals surface area (Å²) < 4.78 is 8.58. The molecular weight excluding hydrogens is 428 g/mol. The van der Waals surface area contributed by atoms with Crippen LogP contribution >= 0.6 is 11.3 Å². The molecule has 1 N–H and O–H groups in total. The van der Waals surface area contributed by atoms with Gasteiger partial charge in [-0.1, -0.05) is 59.0 Å². The maximum Gasteiger partial charge on any atom is 0.350 e. The van der Waals surface area contributed by atoms with Gasteiger partial charge in [0.15, 0.2) is 0 Å². The quantitative estimate of drug-likeness (QED) is 0.344. The normalized spacial score (nSPS) is 11.6. The maximum absolute atomic E-state index is 12.5. The van der Waals surface area contributed by atoms with E-state index in [-0.39, 0.29) is 19.1 Å². The van der Waals surface area contributed by atoms with Gasteiger partial charge in [-0.2, -0.15) is 0 Å². The Labute approximate surface area is 187 Å². The predicted molar refractivity (Wildman–Crippen MR) is 120 cm³/mol. The largest absolute Gasteiger partial charge is 0.462 e. The van der Waals surface area contributed by atoms with Crippen molar-refractivity contribution in [2.45, 2.75) is 26.9 Å². The van der Waals surface area contributed by atoms with E-state index in [0.29, 0.717) is 21.7 Å². The average molecular weight is 451 g/mol. The lowest BCUT2D eigenvalue weighted by atomic mass is 10.2. The highest BCUT2D eigenvalue weighted by molar-refractivity contribution is 7.11. The number of nitrogens with zero attached hydrogens (tertiary/aromatic N) is 5. The second-order valence-electron chi connectivity index (χ2n) is 6.97. The zero-order valence-corrected chi connectivity index (χ0v) is 18.5. The Morgan fingerprint density at radius 1 is 1.12 bits per heavy atom. The summed E-state index contributed by atoms with van der Waals surface area (Å²) in [6.07, 6.45) is 0. The Morgan fingerprint density at radius 2 is 1.88 bits per heavy atom. The van der Waals surface area contributed by atoms with Gasteiger partial charge in [0.05, 0.1) is 18.7 Å². The van der Waals surface area contributed by atoms with Gasteiger partial charge in [-0.25, -0.2) is 14.9 Å². The molecule has 0 saturated heterocycles.